The van der Waals surface area contributed by atoms with E-state index in [0.717, 1.165) is 60.8 Å². The van der Waals surface area contributed by atoms with E-state index in [0.29, 0.717) is 18.4 Å². The molecule has 0 unspecified atom stereocenters. The molecule has 28 heavy (non-hydrogen) atoms. The molecule has 0 aliphatic heterocycles. The Morgan fingerprint density at radius 3 is 2.54 bits per heavy atom. The fourth-order valence-corrected chi connectivity index (χ4v) is 4.73. The quantitative estimate of drug-likeness (QED) is 0.574. The summed E-state index contributed by atoms with van der Waals surface area (Å²) in [4.78, 5) is 10.6. The lowest BCUT2D eigenvalue weighted by Gasteiger charge is -2.28. The van der Waals surface area contributed by atoms with Crippen molar-refractivity contribution >= 4 is 21.9 Å². The molecule has 0 saturated heterocycles. The maximum atomic E-state index is 10.6. The molecule has 0 bridgehead atoms. The van der Waals surface area contributed by atoms with Crippen LogP contribution in [0, 0.1) is 11.8 Å². The minimum Gasteiger partial charge on any atom is -0.480 e. The number of ether oxygens (including phenoxy) is 1. The molecule has 0 amide bonds. The minimum absolute atomic E-state index is 0.191. The van der Waals surface area contributed by atoms with Crippen molar-refractivity contribution < 1.29 is 14.6 Å². The number of carbonyl (C=O) groups is 1. The van der Waals surface area contributed by atoms with Gasteiger partial charge in [-0.05, 0) is 59.9 Å². The molecule has 2 aromatic rings. The Labute approximate surface area is 175 Å². The first kappa shape index (κ1) is 21.1. The molecular formula is C22H29BrN2O3. The third-order valence-corrected chi connectivity index (χ3v) is 6.34. The second-order valence-corrected chi connectivity index (χ2v) is 8.50. The molecule has 1 aromatic carbocycles. The van der Waals surface area contributed by atoms with Crippen LogP contribution in [0.25, 0.3) is 11.3 Å². The number of aliphatic carboxylic acids is 1. The van der Waals surface area contributed by atoms with Gasteiger partial charge < -0.3 is 9.84 Å². The lowest BCUT2D eigenvalue weighted by molar-refractivity contribution is -0.142. The van der Waals surface area contributed by atoms with Crippen LogP contribution in [0.4, 0.5) is 0 Å². The van der Waals surface area contributed by atoms with Crippen LogP contribution in [-0.4, -0.2) is 34.1 Å². The first-order chi connectivity index (χ1) is 13.6. The number of hydrogen-bond acceptors (Lipinski definition) is 3. The Morgan fingerprint density at radius 2 is 1.89 bits per heavy atom. The van der Waals surface area contributed by atoms with Crippen LogP contribution >= 0.6 is 15.9 Å². The molecule has 1 saturated carbocycles. The smallest absolute Gasteiger partial charge is 0.329 e. The van der Waals surface area contributed by atoms with Crippen molar-refractivity contribution in [1.82, 2.24) is 9.78 Å². The number of benzene rings is 1. The third kappa shape index (κ3) is 5.45. The van der Waals surface area contributed by atoms with Crippen LogP contribution in [0.3, 0.4) is 0 Å². The number of carboxylic acids is 1. The van der Waals surface area contributed by atoms with Crippen molar-refractivity contribution in [2.45, 2.75) is 52.0 Å². The predicted octanol–water partition coefficient (Wildman–Crippen LogP) is 5.17. The summed E-state index contributed by atoms with van der Waals surface area (Å²) in [7, 11) is 0. The molecular weight excluding hydrogens is 420 g/mol. The van der Waals surface area contributed by atoms with Crippen molar-refractivity contribution in [3.63, 3.8) is 0 Å². The maximum Gasteiger partial charge on any atom is 0.329 e. The first-order valence-corrected chi connectivity index (χ1v) is 11.0. The summed E-state index contributed by atoms with van der Waals surface area (Å²) in [5.41, 5.74) is 3.46. The molecule has 1 N–H and O–H groups in total. The second-order valence-electron chi connectivity index (χ2n) is 7.70. The van der Waals surface area contributed by atoms with Gasteiger partial charge in [0, 0.05) is 12.1 Å². The highest BCUT2D eigenvalue weighted by Crippen LogP contribution is 2.34. The molecule has 6 heteroatoms. The number of hydrogen-bond donors (Lipinski definition) is 1. The van der Waals surface area contributed by atoms with Gasteiger partial charge in [-0.3, -0.25) is 4.68 Å². The molecule has 0 atom stereocenters. The van der Waals surface area contributed by atoms with Crippen LogP contribution in [0.15, 0.2) is 34.8 Å². The average molecular weight is 449 g/mol. The average Bonchev–Trinajstić information content (AvgIpc) is 3.00. The lowest BCUT2D eigenvalue weighted by atomic mass is 9.82. The fraction of sp³-hybridized carbons (Fsp3) is 0.545. The summed E-state index contributed by atoms with van der Waals surface area (Å²) in [5, 5.41) is 13.6. The van der Waals surface area contributed by atoms with Gasteiger partial charge in [0.15, 0.2) is 0 Å². The molecule has 0 spiro atoms. The topological polar surface area (TPSA) is 64.4 Å². The molecule has 5 nitrogen and oxygen atoms in total. The summed E-state index contributed by atoms with van der Waals surface area (Å²) < 4.78 is 8.62. The SMILES string of the molecule is CCCc1c(Br)c(-c2ccccc2)nn1CC1CCC(COCC(=O)O)CC1. The Morgan fingerprint density at radius 1 is 1.21 bits per heavy atom. The normalized spacial score (nSPS) is 19.6. The second kappa shape index (κ2) is 10.2. The summed E-state index contributed by atoms with van der Waals surface area (Å²) in [5.74, 6) is 0.201. The van der Waals surface area contributed by atoms with Gasteiger partial charge in [-0.2, -0.15) is 5.10 Å². The van der Waals surface area contributed by atoms with E-state index in [-0.39, 0.29) is 6.61 Å². The van der Waals surface area contributed by atoms with Crippen LogP contribution in [0.1, 0.15) is 44.7 Å². The summed E-state index contributed by atoms with van der Waals surface area (Å²) in [6, 6.07) is 10.3. The van der Waals surface area contributed by atoms with Crippen LogP contribution in [0.2, 0.25) is 0 Å². The van der Waals surface area contributed by atoms with Crippen LogP contribution in [0.5, 0.6) is 0 Å². The minimum atomic E-state index is -0.893. The molecule has 0 radical (unpaired) electrons. The van der Waals surface area contributed by atoms with E-state index in [9.17, 15) is 4.79 Å². The number of aromatic nitrogens is 2. The van der Waals surface area contributed by atoms with E-state index in [1.54, 1.807) is 0 Å². The van der Waals surface area contributed by atoms with Crippen molar-refractivity contribution in [2.75, 3.05) is 13.2 Å². The van der Waals surface area contributed by atoms with Gasteiger partial charge in [0.2, 0.25) is 0 Å². The highest BCUT2D eigenvalue weighted by atomic mass is 79.9. The first-order valence-electron chi connectivity index (χ1n) is 10.2. The van der Waals surface area contributed by atoms with Gasteiger partial charge in [0.05, 0.1) is 16.8 Å². The summed E-state index contributed by atoms with van der Waals surface area (Å²) in [6.07, 6.45) is 6.59. The van der Waals surface area contributed by atoms with E-state index in [1.807, 2.05) is 18.2 Å². The Bertz CT molecular complexity index is 768. The summed E-state index contributed by atoms with van der Waals surface area (Å²) >= 11 is 3.81. The van der Waals surface area contributed by atoms with Gasteiger partial charge >= 0.3 is 5.97 Å². The van der Waals surface area contributed by atoms with Gasteiger partial charge in [0.1, 0.15) is 12.3 Å². The summed E-state index contributed by atoms with van der Waals surface area (Å²) in [6.45, 7) is 3.52. The lowest BCUT2D eigenvalue weighted by Crippen LogP contribution is -2.23. The van der Waals surface area contributed by atoms with Crippen molar-refractivity contribution in [2.24, 2.45) is 11.8 Å². The molecule has 152 valence electrons. The van der Waals surface area contributed by atoms with Gasteiger partial charge in [-0.25, -0.2) is 4.79 Å². The van der Waals surface area contributed by atoms with E-state index in [2.05, 4.69) is 39.7 Å². The predicted molar refractivity (Wildman–Crippen MR) is 113 cm³/mol. The molecule has 1 fully saturated rings. The van der Waals surface area contributed by atoms with Crippen molar-refractivity contribution in [3.05, 3.63) is 40.5 Å². The highest BCUT2D eigenvalue weighted by Gasteiger charge is 2.24. The molecule has 1 aromatic heterocycles. The fourth-order valence-electron chi connectivity index (χ4n) is 4.02. The van der Waals surface area contributed by atoms with E-state index in [4.69, 9.17) is 14.9 Å². The van der Waals surface area contributed by atoms with Gasteiger partial charge in [-0.15, -0.1) is 0 Å². The monoisotopic (exact) mass is 448 g/mol. The molecule has 1 heterocycles. The van der Waals surface area contributed by atoms with Crippen LogP contribution < -0.4 is 0 Å². The van der Waals surface area contributed by atoms with E-state index in [1.165, 1.54) is 5.69 Å². The van der Waals surface area contributed by atoms with Crippen molar-refractivity contribution in [3.8, 4) is 11.3 Å². The zero-order valence-corrected chi connectivity index (χ0v) is 18.0. The Balaban J connectivity index is 1.63. The molecule has 1 aliphatic carbocycles. The number of halogens is 1. The zero-order chi connectivity index (χ0) is 19.9. The largest absolute Gasteiger partial charge is 0.480 e. The zero-order valence-electron chi connectivity index (χ0n) is 16.4. The number of nitrogens with zero attached hydrogens (tertiary/aromatic N) is 2. The standard InChI is InChI=1S/C22H29BrN2O3/c1-2-6-19-21(23)22(18-7-4-3-5-8-18)24-25(19)13-16-9-11-17(12-10-16)14-28-15-20(26)27/h3-5,7-8,16-17H,2,6,9-15H2,1H3,(H,26,27). The van der Waals surface area contributed by atoms with E-state index >= 15 is 0 Å². The Hall–Kier alpha value is -1.66. The van der Waals surface area contributed by atoms with Crippen LogP contribution in [-0.2, 0) is 22.5 Å². The van der Waals surface area contributed by atoms with Crippen molar-refractivity contribution in [1.29, 1.82) is 0 Å². The maximum absolute atomic E-state index is 10.6. The number of rotatable bonds is 9. The number of carboxylic acid groups (broad SMARTS) is 1. The molecule has 1 aliphatic rings. The van der Waals surface area contributed by atoms with Gasteiger partial charge in [-0.1, -0.05) is 43.7 Å². The highest BCUT2D eigenvalue weighted by molar-refractivity contribution is 9.10. The van der Waals surface area contributed by atoms with Gasteiger partial charge in [0.25, 0.3) is 0 Å². The van der Waals surface area contributed by atoms with E-state index < -0.39 is 5.97 Å². The Kier molecular flexibility index (Phi) is 7.68. The third-order valence-electron chi connectivity index (χ3n) is 5.50. The molecule has 3 rings (SSSR count).